The molecule has 1 aromatic heterocycles. The summed E-state index contributed by atoms with van der Waals surface area (Å²) >= 11 is 0. The Morgan fingerprint density at radius 2 is 0.912 bits per heavy atom. The van der Waals surface area contributed by atoms with Crippen LogP contribution in [-0.2, 0) is 0 Å². The minimum atomic E-state index is 0.218. The first-order valence-corrected chi connectivity index (χ1v) is 19.4. The molecule has 7 aromatic carbocycles. The summed E-state index contributed by atoms with van der Waals surface area (Å²) in [5.74, 6) is 0.444. The Bertz CT molecular complexity index is 2980. The zero-order valence-electron chi connectivity index (χ0n) is 31.2. The van der Waals surface area contributed by atoms with Crippen molar-refractivity contribution < 1.29 is 0 Å². The molecule has 2 aliphatic carbocycles. The van der Waals surface area contributed by atoms with Crippen molar-refractivity contribution in [1.29, 1.82) is 5.26 Å². The topological polar surface area (TPSA) is 39.9 Å². The van der Waals surface area contributed by atoms with Crippen LogP contribution in [0.2, 0.25) is 0 Å². The van der Waals surface area contributed by atoms with E-state index in [1.54, 1.807) is 0 Å². The Hall–Kier alpha value is -7.54. The number of hydrogen-bond donors (Lipinski definition) is 0. The summed E-state index contributed by atoms with van der Waals surface area (Å²) in [6, 6.07) is 64.9. The quantitative estimate of drug-likeness (QED) is 0.164. The number of rotatable bonds is 7. The average molecular weight is 728 g/mol. The number of aromatic nitrogens is 1. The van der Waals surface area contributed by atoms with E-state index in [-0.39, 0.29) is 11.8 Å². The second kappa shape index (κ2) is 14.6. The molecular formula is C54H37N3. The highest BCUT2D eigenvalue weighted by Gasteiger charge is 2.32. The van der Waals surface area contributed by atoms with Gasteiger partial charge in [-0.2, -0.15) is 5.26 Å². The van der Waals surface area contributed by atoms with Gasteiger partial charge in [0.15, 0.2) is 0 Å². The van der Waals surface area contributed by atoms with Gasteiger partial charge in [-0.25, -0.2) is 0 Å². The second-order valence-corrected chi connectivity index (χ2v) is 14.6. The molecule has 0 bridgehead atoms. The summed E-state index contributed by atoms with van der Waals surface area (Å²) in [6.45, 7) is 0. The van der Waals surface area contributed by atoms with Gasteiger partial charge in [0.25, 0.3) is 0 Å². The summed E-state index contributed by atoms with van der Waals surface area (Å²) < 4.78 is 0. The number of benzene rings is 7. The summed E-state index contributed by atoms with van der Waals surface area (Å²) in [5, 5.41) is 14.6. The molecule has 57 heavy (non-hydrogen) atoms. The van der Waals surface area contributed by atoms with E-state index in [0.717, 1.165) is 33.8 Å². The number of hydrogen-bond acceptors (Lipinski definition) is 3. The molecule has 1 heterocycles. The van der Waals surface area contributed by atoms with Crippen LogP contribution in [-0.4, -0.2) is 4.98 Å². The van der Waals surface area contributed by atoms with Gasteiger partial charge in [-0.1, -0.05) is 140 Å². The number of anilines is 3. The third kappa shape index (κ3) is 6.24. The number of pyridine rings is 1. The van der Waals surface area contributed by atoms with Gasteiger partial charge in [0, 0.05) is 41.3 Å². The summed E-state index contributed by atoms with van der Waals surface area (Å²) in [6.07, 6.45) is 12.8. The molecule has 0 N–H and O–H groups in total. The van der Waals surface area contributed by atoms with E-state index < -0.39 is 0 Å². The fourth-order valence-corrected chi connectivity index (χ4v) is 8.73. The first-order chi connectivity index (χ1) is 28.2. The lowest BCUT2D eigenvalue weighted by molar-refractivity contribution is 0.687. The van der Waals surface area contributed by atoms with Crippen molar-refractivity contribution in [2.24, 2.45) is 11.8 Å². The molecule has 3 heteroatoms. The minimum absolute atomic E-state index is 0.218. The van der Waals surface area contributed by atoms with Crippen molar-refractivity contribution >= 4 is 39.0 Å². The van der Waals surface area contributed by atoms with E-state index in [1.807, 2.05) is 48.8 Å². The molecule has 0 spiro atoms. The van der Waals surface area contributed by atoms with Crippen LogP contribution in [0.5, 0.6) is 0 Å². The number of allylic oxidation sites excluding steroid dienone is 4. The lowest BCUT2D eigenvalue weighted by Gasteiger charge is -2.33. The smallest absolute Gasteiger partial charge is 0.0991 e. The molecule has 0 amide bonds. The van der Waals surface area contributed by atoms with Crippen LogP contribution >= 0.6 is 0 Å². The van der Waals surface area contributed by atoms with Crippen LogP contribution in [0.1, 0.15) is 16.7 Å². The van der Waals surface area contributed by atoms with Crippen molar-refractivity contribution in [2.45, 2.75) is 0 Å². The van der Waals surface area contributed by atoms with E-state index in [1.165, 1.54) is 49.0 Å². The standard InChI is InChI=1S/C54H37N3/c55-36-37-16-26-44(27-17-37)57(46-30-24-40(25-31-46)41-32-34-56-35-33-41)45-28-22-39(23-29-45)38-18-20-43(21-19-38)53-49-11-3-5-13-51(49)54(52-14-6-4-12-50(52)53)48-15-7-9-42-8-1-2-10-47(42)48/h1-35,49,51H. The van der Waals surface area contributed by atoms with E-state index in [4.69, 9.17) is 0 Å². The highest BCUT2D eigenvalue weighted by atomic mass is 15.1. The van der Waals surface area contributed by atoms with E-state index in [2.05, 4.69) is 180 Å². The fourth-order valence-electron chi connectivity index (χ4n) is 8.73. The Kier molecular flexibility index (Phi) is 8.71. The average Bonchev–Trinajstić information content (AvgIpc) is 3.29. The van der Waals surface area contributed by atoms with Crippen molar-refractivity contribution in [1.82, 2.24) is 4.98 Å². The van der Waals surface area contributed by atoms with Crippen LogP contribution in [0, 0.1) is 23.2 Å². The van der Waals surface area contributed by atoms with Crippen LogP contribution in [0.15, 0.2) is 213 Å². The Balaban J connectivity index is 1.02. The fraction of sp³-hybridized carbons (Fsp3) is 0.0370. The Labute approximate surface area is 332 Å². The number of nitriles is 1. The molecule has 0 saturated carbocycles. The minimum Gasteiger partial charge on any atom is -0.311 e. The number of nitrogens with zero attached hydrogens (tertiary/aromatic N) is 3. The van der Waals surface area contributed by atoms with Gasteiger partial charge in [-0.15, -0.1) is 0 Å². The van der Waals surface area contributed by atoms with Gasteiger partial charge in [0.05, 0.1) is 11.6 Å². The third-order valence-electron chi connectivity index (χ3n) is 11.4. The maximum atomic E-state index is 9.47. The summed E-state index contributed by atoms with van der Waals surface area (Å²) in [4.78, 5) is 6.40. The molecule has 10 rings (SSSR count). The summed E-state index contributed by atoms with van der Waals surface area (Å²) in [7, 11) is 0. The molecule has 0 aliphatic heterocycles. The highest BCUT2D eigenvalue weighted by molar-refractivity contribution is 5.96. The highest BCUT2D eigenvalue weighted by Crippen LogP contribution is 2.42. The first kappa shape index (κ1) is 34.0. The van der Waals surface area contributed by atoms with Gasteiger partial charge in [0.1, 0.15) is 0 Å². The predicted octanol–water partition coefficient (Wildman–Crippen LogP) is 11.7. The Morgan fingerprint density at radius 3 is 1.53 bits per heavy atom. The molecule has 0 radical (unpaired) electrons. The normalized spacial score (nSPS) is 15.5. The molecule has 2 aliphatic rings. The molecule has 268 valence electrons. The van der Waals surface area contributed by atoms with E-state index in [0.29, 0.717) is 5.56 Å². The van der Waals surface area contributed by atoms with Crippen molar-refractivity contribution in [3.63, 3.8) is 0 Å². The zero-order valence-corrected chi connectivity index (χ0v) is 31.2. The van der Waals surface area contributed by atoms with Crippen LogP contribution in [0.3, 0.4) is 0 Å². The SMILES string of the molecule is N#Cc1ccc(N(c2ccc(-c3ccncc3)cc2)c2ccc(-c3ccc(C4=c5ccccc5=C(c5cccc6ccccc56)C5C=CC=CC45)cc3)cc2)cc1. The largest absolute Gasteiger partial charge is 0.311 e. The van der Waals surface area contributed by atoms with Crippen LogP contribution in [0.25, 0.3) is 44.2 Å². The van der Waals surface area contributed by atoms with Crippen LogP contribution < -0.4 is 15.3 Å². The van der Waals surface area contributed by atoms with Gasteiger partial charge >= 0.3 is 0 Å². The van der Waals surface area contributed by atoms with Crippen molar-refractivity contribution in [3.8, 4) is 28.3 Å². The molecule has 3 nitrogen and oxygen atoms in total. The lowest BCUT2D eigenvalue weighted by Crippen LogP contribution is -2.40. The molecule has 8 aromatic rings. The molecule has 2 atom stereocenters. The lowest BCUT2D eigenvalue weighted by atomic mass is 9.69. The maximum Gasteiger partial charge on any atom is 0.0991 e. The molecule has 0 saturated heterocycles. The Morgan fingerprint density at radius 1 is 0.439 bits per heavy atom. The summed E-state index contributed by atoms with van der Waals surface area (Å²) in [5.41, 5.74) is 13.6. The van der Waals surface area contributed by atoms with Gasteiger partial charge in [0.2, 0.25) is 0 Å². The van der Waals surface area contributed by atoms with Gasteiger partial charge in [-0.3, -0.25) is 4.98 Å². The molecular weight excluding hydrogens is 691 g/mol. The van der Waals surface area contributed by atoms with E-state index >= 15 is 0 Å². The van der Waals surface area contributed by atoms with Crippen LogP contribution in [0.4, 0.5) is 17.1 Å². The molecule has 0 fully saturated rings. The van der Waals surface area contributed by atoms with Crippen molar-refractivity contribution in [3.05, 3.63) is 240 Å². The number of fused-ring (bicyclic) bond motifs is 3. The zero-order chi connectivity index (χ0) is 38.1. The molecule has 2 unspecified atom stereocenters. The van der Waals surface area contributed by atoms with Gasteiger partial charge in [-0.05, 0) is 126 Å². The third-order valence-corrected chi connectivity index (χ3v) is 11.4. The maximum absolute atomic E-state index is 9.47. The first-order valence-electron chi connectivity index (χ1n) is 19.4. The monoisotopic (exact) mass is 727 g/mol. The van der Waals surface area contributed by atoms with Crippen molar-refractivity contribution in [2.75, 3.05) is 4.90 Å². The second-order valence-electron chi connectivity index (χ2n) is 14.6. The van der Waals surface area contributed by atoms with E-state index in [9.17, 15) is 5.26 Å². The predicted molar refractivity (Wildman–Crippen MR) is 234 cm³/mol. The van der Waals surface area contributed by atoms with Gasteiger partial charge < -0.3 is 4.90 Å².